The van der Waals surface area contributed by atoms with Gasteiger partial charge in [0.05, 0.1) is 0 Å². The van der Waals surface area contributed by atoms with Crippen LogP contribution in [0, 0.1) is 11.8 Å². The number of aromatic nitrogens is 1. The van der Waals surface area contributed by atoms with E-state index in [1.165, 1.54) is 32.1 Å². The second-order valence-electron chi connectivity index (χ2n) is 4.69. The maximum absolute atomic E-state index is 4.22. The van der Waals surface area contributed by atoms with Gasteiger partial charge in [-0.3, -0.25) is 0 Å². The standard InChI is InChI=1S/C12H20N2S/c1-10-3-2-4-11(9-10)5-6-13-12-14-7-8-15-12/h7-8,10-11H,2-6,9H2,1H3,(H,13,14). The molecule has 0 saturated heterocycles. The summed E-state index contributed by atoms with van der Waals surface area (Å²) in [6.45, 7) is 3.48. The molecule has 1 heterocycles. The molecule has 1 aliphatic rings. The van der Waals surface area contributed by atoms with Gasteiger partial charge in [0.25, 0.3) is 0 Å². The van der Waals surface area contributed by atoms with Crippen LogP contribution in [0.5, 0.6) is 0 Å². The molecular formula is C12H20N2S. The molecule has 3 heteroatoms. The van der Waals surface area contributed by atoms with Gasteiger partial charge in [-0.1, -0.05) is 26.2 Å². The molecular weight excluding hydrogens is 204 g/mol. The number of rotatable bonds is 4. The van der Waals surface area contributed by atoms with E-state index in [-0.39, 0.29) is 0 Å². The molecule has 2 nitrogen and oxygen atoms in total. The maximum atomic E-state index is 4.22. The average Bonchev–Trinajstić information content (AvgIpc) is 2.71. The van der Waals surface area contributed by atoms with Gasteiger partial charge in [0.15, 0.2) is 5.13 Å². The molecule has 2 rings (SSSR count). The first-order valence-corrected chi connectivity index (χ1v) is 6.86. The summed E-state index contributed by atoms with van der Waals surface area (Å²) < 4.78 is 0. The number of thiazole rings is 1. The third-order valence-electron chi connectivity index (χ3n) is 3.31. The lowest BCUT2D eigenvalue weighted by atomic mass is 9.81. The number of nitrogens with zero attached hydrogens (tertiary/aromatic N) is 1. The van der Waals surface area contributed by atoms with E-state index in [1.807, 2.05) is 11.6 Å². The monoisotopic (exact) mass is 224 g/mol. The molecule has 0 spiro atoms. The normalized spacial score (nSPS) is 26.5. The molecule has 2 atom stereocenters. The summed E-state index contributed by atoms with van der Waals surface area (Å²) in [5.74, 6) is 1.89. The summed E-state index contributed by atoms with van der Waals surface area (Å²) in [5, 5.41) is 6.48. The van der Waals surface area contributed by atoms with Crippen LogP contribution in [0.3, 0.4) is 0 Å². The van der Waals surface area contributed by atoms with Gasteiger partial charge >= 0.3 is 0 Å². The molecule has 0 aromatic carbocycles. The van der Waals surface area contributed by atoms with Crippen molar-refractivity contribution in [3.63, 3.8) is 0 Å². The molecule has 0 radical (unpaired) electrons. The Morgan fingerprint density at radius 1 is 1.53 bits per heavy atom. The predicted octanol–water partition coefficient (Wildman–Crippen LogP) is 3.77. The van der Waals surface area contributed by atoms with Crippen LogP contribution in [0.1, 0.15) is 39.0 Å². The molecule has 0 bridgehead atoms. The first-order chi connectivity index (χ1) is 7.34. The third kappa shape index (κ3) is 3.49. The first kappa shape index (κ1) is 10.9. The van der Waals surface area contributed by atoms with Gasteiger partial charge in [0, 0.05) is 18.1 Å². The molecule has 0 aliphatic heterocycles. The Kier molecular flexibility index (Phi) is 4.01. The van der Waals surface area contributed by atoms with Gasteiger partial charge in [0.2, 0.25) is 0 Å². The van der Waals surface area contributed by atoms with Crippen molar-refractivity contribution in [3.05, 3.63) is 11.6 Å². The topological polar surface area (TPSA) is 24.9 Å². The minimum atomic E-state index is 0.946. The quantitative estimate of drug-likeness (QED) is 0.842. The predicted molar refractivity (Wildman–Crippen MR) is 66.3 cm³/mol. The number of hydrogen-bond acceptors (Lipinski definition) is 3. The lowest BCUT2D eigenvalue weighted by molar-refractivity contribution is 0.274. The Balaban J connectivity index is 1.65. The van der Waals surface area contributed by atoms with Gasteiger partial charge in [-0.15, -0.1) is 11.3 Å². The molecule has 1 saturated carbocycles. The van der Waals surface area contributed by atoms with E-state index in [4.69, 9.17) is 0 Å². The Bertz CT molecular complexity index is 271. The highest BCUT2D eigenvalue weighted by molar-refractivity contribution is 7.13. The third-order valence-corrected chi connectivity index (χ3v) is 4.04. The molecule has 1 fully saturated rings. The van der Waals surface area contributed by atoms with E-state index in [9.17, 15) is 0 Å². The smallest absolute Gasteiger partial charge is 0.182 e. The second-order valence-corrected chi connectivity index (χ2v) is 5.59. The SMILES string of the molecule is CC1CCCC(CCNc2nccs2)C1. The van der Waals surface area contributed by atoms with Gasteiger partial charge < -0.3 is 5.32 Å². The Hall–Kier alpha value is -0.570. The molecule has 1 N–H and O–H groups in total. The molecule has 0 amide bonds. The second kappa shape index (κ2) is 5.50. The van der Waals surface area contributed by atoms with Crippen molar-refractivity contribution >= 4 is 16.5 Å². The van der Waals surface area contributed by atoms with Crippen molar-refractivity contribution in [1.82, 2.24) is 4.98 Å². The van der Waals surface area contributed by atoms with Crippen molar-refractivity contribution in [1.29, 1.82) is 0 Å². The Labute approximate surface area is 96.1 Å². The summed E-state index contributed by atoms with van der Waals surface area (Å²) in [7, 11) is 0. The van der Waals surface area contributed by atoms with Crippen LogP contribution in [0.15, 0.2) is 11.6 Å². The highest BCUT2D eigenvalue weighted by Crippen LogP contribution is 2.30. The lowest BCUT2D eigenvalue weighted by Gasteiger charge is -2.26. The van der Waals surface area contributed by atoms with Crippen molar-refractivity contribution in [2.24, 2.45) is 11.8 Å². The van der Waals surface area contributed by atoms with Crippen LogP contribution in [-0.4, -0.2) is 11.5 Å². The lowest BCUT2D eigenvalue weighted by Crippen LogP contribution is -2.16. The van der Waals surface area contributed by atoms with Crippen LogP contribution in [-0.2, 0) is 0 Å². The highest BCUT2D eigenvalue weighted by Gasteiger charge is 2.18. The van der Waals surface area contributed by atoms with Gasteiger partial charge in [-0.05, 0) is 24.7 Å². The van der Waals surface area contributed by atoms with E-state index in [0.29, 0.717) is 0 Å². The zero-order valence-corrected chi connectivity index (χ0v) is 10.2. The van der Waals surface area contributed by atoms with Crippen LogP contribution >= 0.6 is 11.3 Å². The van der Waals surface area contributed by atoms with E-state index in [1.54, 1.807) is 11.3 Å². The molecule has 15 heavy (non-hydrogen) atoms. The van der Waals surface area contributed by atoms with E-state index < -0.39 is 0 Å². The first-order valence-electron chi connectivity index (χ1n) is 5.98. The highest BCUT2D eigenvalue weighted by atomic mass is 32.1. The van der Waals surface area contributed by atoms with Crippen LogP contribution < -0.4 is 5.32 Å². The Morgan fingerprint density at radius 2 is 2.47 bits per heavy atom. The summed E-state index contributed by atoms with van der Waals surface area (Å²) in [6, 6.07) is 0. The van der Waals surface area contributed by atoms with Gasteiger partial charge in [0.1, 0.15) is 0 Å². The zero-order valence-electron chi connectivity index (χ0n) is 9.41. The Morgan fingerprint density at radius 3 is 3.20 bits per heavy atom. The summed E-state index contributed by atoms with van der Waals surface area (Å²) >= 11 is 1.69. The fourth-order valence-electron chi connectivity index (χ4n) is 2.52. The van der Waals surface area contributed by atoms with E-state index in [2.05, 4.69) is 17.2 Å². The zero-order chi connectivity index (χ0) is 10.5. The molecule has 84 valence electrons. The van der Waals surface area contributed by atoms with E-state index >= 15 is 0 Å². The molecule has 1 aromatic heterocycles. The molecule has 1 aromatic rings. The summed E-state index contributed by atoms with van der Waals surface area (Å²) in [6.07, 6.45) is 8.91. The van der Waals surface area contributed by atoms with Crippen molar-refractivity contribution < 1.29 is 0 Å². The van der Waals surface area contributed by atoms with Crippen LogP contribution in [0.2, 0.25) is 0 Å². The van der Waals surface area contributed by atoms with Crippen molar-refractivity contribution in [3.8, 4) is 0 Å². The van der Waals surface area contributed by atoms with Crippen LogP contribution in [0.25, 0.3) is 0 Å². The maximum Gasteiger partial charge on any atom is 0.182 e. The average molecular weight is 224 g/mol. The largest absolute Gasteiger partial charge is 0.362 e. The number of anilines is 1. The van der Waals surface area contributed by atoms with Crippen LogP contribution in [0.4, 0.5) is 5.13 Å². The van der Waals surface area contributed by atoms with E-state index in [0.717, 1.165) is 23.5 Å². The van der Waals surface area contributed by atoms with Gasteiger partial charge in [-0.25, -0.2) is 4.98 Å². The summed E-state index contributed by atoms with van der Waals surface area (Å²) in [4.78, 5) is 4.22. The minimum absolute atomic E-state index is 0.946. The van der Waals surface area contributed by atoms with Crippen molar-refractivity contribution in [2.45, 2.75) is 39.0 Å². The molecule has 2 unspecified atom stereocenters. The summed E-state index contributed by atoms with van der Waals surface area (Å²) in [5.41, 5.74) is 0. The number of nitrogens with one attached hydrogen (secondary N) is 1. The number of hydrogen-bond donors (Lipinski definition) is 1. The fourth-order valence-corrected chi connectivity index (χ4v) is 3.07. The van der Waals surface area contributed by atoms with Crippen molar-refractivity contribution in [2.75, 3.05) is 11.9 Å². The minimum Gasteiger partial charge on any atom is -0.362 e. The molecule has 1 aliphatic carbocycles. The van der Waals surface area contributed by atoms with Gasteiger partial charge in [-0.2, -0.15) is 0 Å². The fraction of sp³-hybridized carbons (Fsp3) is 0.750.